The van der Waals surface area contributed by atoms with Crippen molar-refractivity contribution in [2.45, 2.75) is 26.7 Å². The zero-order valence-electron chi connectivity index (χ0n) is 13.8. The number of halogens is 3. The average molecular weight is 350 g/mol. The monoisotopic (exact) mass is 350 g/mol. The number of hydrogen-bond acceptors (Lipinski definition) is 3. The fourth-order valence-corrected chi connectivity index (χ4v) is 2.15. The van der Waals surface area contributed by atoms with Crippen molar-refractivity contribution in [3.63, 3.8) is 0 Å². The lowest BCUT2D eigenvalue weighted by Gasteiger charge is -2.09. The van der Waals surface area contributed by atoms with E-state index in [9.17, 15) is 18.0 Å². The Morgan fingerprint density at radius 1 is 1.08 bits per heavy atom. The van der Waals surface area contributed by atoms with Crippen LogP contribution in [0.25, 0.3) is 0 Å². The number of hydrogen-bond donors (Lipinski definition) is 0. The summed E-state index contributed by atoms with van der Waals surface area (Å²) in [5.41, 5.74) is 0.383. The Balaban J connectivity index is 2.22. The van der Waals surface area contributed by atoms with Crippen LogP contribution in [0, 0.1) is 17.5 Å². The van der Waals surface area contributed by atoms with Crippen molar-refractivity contribution in [3.05, 3.63) is 71.2 Å². The summed E-state index contributed by atoms with van der Waals surface area (Å²) in [6, 6.07) is 6.24. The van der Waals surface area contributed by atoms with Crippen molar-refractivity contribution in [2.75, 3.05) is 0 Å². The molecule has 0 bridgehead atoms. The molecular weight excluding hydrogens is 333 g/mol. The van der Waals surface area contributed by atoms with Gasteiger partial charge in [-0.05, 0) is 43.2 Å². The standard InChI is InChI=1S/C19H17F3O3/c1-3-5-12-6-7-13(14(20)11-12)19(23)25-16-9-8-15(24-10-4-2)17(21)18(16)22/h4,6-11H,3,5H2,1-2H3/b10-4+. The van der Waals surface area contributed by atoms with Gasteiger partial charge in [0.15, 0.2) is 11.5 Å². The lowest BCUT2D eigenvalue weighted by atomic mass is 10.1. The van der Waals surface area contributed by atoms with Crippen LogP contribution in [0.15, 0.2) is 42.7 Å². The molecule has 0 aliphatic heterocycles. The predicted octanol–water partition coefficient (Wildman–Crippen LogP) is 5.19. The van der Waals surface area contributed by atoms with Crippen molar-refractivity contribution < 1.29 is 27.4 Å². The van der Waals surface area contributed by atoms with Gasteiger partial charge in [-0.2, -0.15) is 8.78 Å². The summed E-state index contributed by atoms with van der Waals surface area (Å²) in [6.07, 6.45) is 4.17. The van der Waals surface area contributed by atoms with Gasteiger partial charge in [0.2, 0.25) is 11.6 Å². The first-order valence-corrected chi connectivity index (χ1v) is 7.74. The molecule has 0 aromatic heterocycles. The Bertz CT molecular complexity index is 801. The number of aryl methyl sites for hydroxylation is 1. The third-order valence-corrected chi connectivity index (χ3v) is 3.34. The minimum absolute atomic E-state index is 0.353. The van der Waals surface area contributed by atoms with Gasteiger partial charge >= 0.3 is 5.97 Å². The van der Waals surface area contributed by atoms with Crippen LogP contribution in [0.3, 0.4) is 0 Å². The lowest BCUT2D eigenvalue weighted by Crippen LogP contribution is -2.12. The predicted molar refractivity (Wildman–Crippen MR) is 87.2 cm³/mol. The van der Waals surface area contributed by atoms with Crippen LogP contribution in [0.5, 0.6) is 11.5 Å². The molecule has 0 saturated carbocycles. The Kier molecular flexibility index (Phi) is 6.22. The molecule has 0 saturated heterocycles. The quantitative estimate of drug-likeness (QED) is 0.409. The summed E-state index contributed by atoms with van der Waals surface area (Å²) in [4.78, 5) is 12.0. The summed E-state index contributed by atoms with van der Waals surface area (Å²) in [6.45, 7) is 3.59. The van der Waals surface area contributed by atoms with Gasteiger partial charge in [-0.1, -0.05) is 25.5 Å². The summed E-state index contributed by atoms with van der Waals surface area (Å²) in [5, 5.41) is 0. The van der Waals surface area contributed by atoms with E-state index in [1.54, 1.807) is 13.0 Å². The fraction of sp³-hybridized carbons (Fsp3) is 0.211. The third kappa shape index (κ3) is 4.41. The van der Waals surface area contributed by atoms with E-state index in [4.69, 9.17) is 9.47 Å². The zero-order chi connectivity index (χ0) is 18.4. The van der Waals surface area contributed by atoms with Gasteiger partial charge in [0.1, 0.15) is 5.82 Å². The minimum Gasteiger partial charge on any atom is -0.462 e. The maximum absolute atomic E-state index is 14.0. The van der Waals surface area contributed by atoms with Gasteiger partial charge in [0.05, 0.1) is 11.8 Å². The van der Waals surface area contributed by atoms with Gasteiger partial charge in [0, 0.05) is 0 Å². The molecule has 2 rings (SSSR count). The third-order valence-electron chi connectivity index (χ3n) is 3.34. The van der Waals surface area contributed by atoms with Crippen LogP contribution in [0.1, 0.15) is 36.2 Å². The molecule has 0 radical (unpaired) electrons. The van der Waals surface area contributed by atoms with Crippen molar-refractivity contribution in [1.82, 2.24) is 0 Å². The highest BCUT2D eigenvalue weighted by Crippen LogP contribution is 2.28. The second-order valence-corrected chi connectivity index (χ2v) is 5.23. The van der Waals surface area contributed by atoms with Crippen LogP contribution in [-0.4, -0.2) is 5.97 Å². The van der Waals surface area contributed by atoms with E-state index in [0.717, 1.165) is 24.1 Å². The Labute approximate surface area is 143 Å². The smallest absolute Gasteiger partial charge is 0.346 e. The number of rotatable bonds is 6. The van der Waals surface area contributed by atoms with E-state index in [1.807, 2.05) is 6.92 Å². The van der Waals surface area contributed by atoms with Gasteiger partial charge in [-0.3, -0.25) is 0 Å². The highest BCUT2D eigenvalue weighted by atomic mass is 19.2. The summed E-state index contributed by atoms with van der Waals surface area (Å²) < 4.78 is 51.5. The zero-order valence-corrected chi connectivity index (χ0v) is 13.8. The molecule has 0 N–H and O–H groups in total. The van der Waals surface area contributed by atoms with Crippen LogP contribution in [0.2, 0.25) is 0 Å². The van der Waals surface area contributed by atoms with Crippen molar-refractivity contribution >= 4 is 5.97 Å². The van der Waals surface area contributed by atoms with Crippen LogP contribution in [0.4, 0.5) is 13.2 Å². The number of carbonyl (C=O) groups excluding carboxylic acids is 1. The Morgan fingerprint density at radius 2 is 1.76 bits per heavy atom. The van der Waals surface area contributed by atoms with Crippen LogP contribution >= 0.6 is 0 Å². The maximum Gasteiger partial charge on any atom is 0.346 e. The topological polar surface area (TPSA) is 35.5 Å². The summed E-state index contributed by atoms with van der Waals surface area (Å²) >= 11 is 0. The first kappa shape index (κ1) is 18.6. The molecule has 0 amide bonds. The molecule has 0 spiro atoms. The molecular formula is C19H17F3O3. The Hall–Kier alpha value is -2.76. The van der Waals surface area contributed by atoms with E-state index in [1.165, 1.54) is 24.5 Å². The number of carbonyl (C=O) groups is 1. The largest absolute Gasteiger partial charge is 0.462 e. The van der Waals surface area contributed by atoms with Gasteiger partial charge in [-0.15, -0.1) is 0 Å². The molecule has 2 aromatic carbocycles. The Morgan fingerprint density at radius 3 is 2.40 bits per heavy atom. The first-order valence-electron chi connectivity index (χ1n) is 7.74. The molecule has 0 unspecified atom stereocenters. The maximum atomic E-state index is 14.0. The molecule has 0 aliphatic carbocycles. The van der Waals surface area contributed by atoms with E-state index < -0.39 is 29.2 Å². The molecule has 132 valence electrons. The van der Waals surface area contributed by atoms with Crippen molar-refractivity contribution in [2.24, 2.45) is 0 Å². The van der Waals surface area contributed by atoms with Crippen molar-refractivity contribution in [1.29, 1.82) is 0 Å². The van der Waals surface area contributed by atoms with Gasteiger partial charge < -0.3 is 9.47 Å². The second kappa shape index (κ2) is 8.37. The second-order valence-electron chi connectivity index (χ2n) is 5.23. The summed E-state index contributed by atoms with van der Waals surface area (Å²) in [7, 11) is 0. The number of ether oxygens (including phenoxy) is 2. The highest BCUT2D eigenvalue weighted by Gasteiger charge is 2.20. The molecule has 0 fully saturated rings. The van der Waals surface area contributed by atoms with Crippen molar-refractivity contribution in [3.8, 4) is 11.5 Å². The molecule has 0 heterocycles. The molecule has 6 heteroatoms. The van der Waals surface area contributed by atoms with E-state index in [0.29, 0.717) is 6.42 Å². The van der Waals surface area contributed by atoms with E-state index in [2.05, 4.69) is 0 Å². The van der Waals surface area contributed by atoms with Crippen LogP contribution < -0.4 is 9.47 Å². The molecule has 0 atom stereocenters. The molecule has 2 aromatic rings. The van der Waals surface area contributed by atoms with E-state index >= 15 is 0 Å². The highest BCUT2D eigenvalue weighted by molar-refractivity contribution is 5.91. The van der Waals surface area contributed by atoms with Gasteiger partial charge in [-0.25, -0.2) is 9.18 Å². The lowest BCUT2D eigenvalue weighted by molar-refractivity contribution is 0.0721. The first-order chi connectivity index (χ1) is 12.0. The number of allylic oxidation sites excluding steroid dienone is 1. The molecule has 25 heavy (non-hydrogen) atoms. The number of esters is 1. The number of benzene rings is 2. The van der Waals surface area contributed by atoms with E-state index in [-0.39, 0.29) is 11.3 Å². The molecule has 3 nitrogen and oxygen atoms in total. The SMILES string of the molecule is C/C=C/Oc1ccc(OC(=O)c2ccc(CCC)cc2F)c(F)c1F. The average Bonchev–Trinajstić information content (AvgIpc) is 2.58. The fourth-order valence-electron chi connectivity index (χ4n) is 2.15. The minimum atomic E-state index is -1.39. The van der Waals surface area contributed by atoms with Gasteiger partial charge in [0.25, 0.3) is 0 Å². The normalized spacial score (nSPS) is 10.9. The molecule has 0 aliphatic rings. The van der Waals surface area contributed by atoms with Crippen LogP contribution in [-0.2, 0) is 6.42 Å². The summed E-state index contributed by atoms with van der Waals surface area (Å²) in [5.74, 6) is -5.58.